The van der Waals surface area contributed by atoms with Crippen molar-refractivity contribution in [1.82, 2.24) is 10.2 Å². The van der Waals surface area contributed by atoms with Gasteiger partial charge in [-0.05, 0) is 55.2 Å². The monoisotopic (exact) mass is 370 g/mol. The van der Waals surface area contributed by atoms with Crippen LogP contribution in [0, 0.1) is 5.41 Å². The van der Waals surface area contributed by atoms with E-state index >= 15 is 0 Å². The average molecular weight is 370 g/mol. The normalized spacial score (nSPS) is 24.1. The standard InChI is InChI=1S/C21H30N4O2/c1-22-20(25-11-10-21(15-25)8-4-9-21)23-14-16-5-2-6-17(13-16)24-19(26)18-7-3-12-27-18/h2,5-6,13,18H,3-4,7-12,14-15H2,1H3,(H,22,23)(H,24,26). The summed E-state index contributed by atoms with van der Waals surface area (Å²) in [7, 11) is 1.85. The molecule has 2 saturated heterocycles. The zero-order valence-corrected chi connectivity index (χ0v) is 16.2. The molecule has 6 nitrogen and oxygen atoms in total. The molecule has 1 spiro atoms. The summed E-state index contributed by atoms with van der Waals surface area (Å²) in [6, 6.07) is 7.99. The zero-order chi connectivity index (χ0) is 18.7. The fourth-order valence-electron chi connectivity index (χ4n) is 4.48. The Labute approximate surface area is 161 Å². The number of nitrogens with zero attached hydrogens (tertiary/aromatic N) is 2. The number of carbonyl (C=O) groups excluding carboxylic acids is 1. The second-order valence-electron chi connectivity index (χ2n) is 8.12. The number of guanidine groups is 1. The molecular formula is C21H30N4O2. The van der Waals surface area contributed by atoms with Crippen LogP contribution < -0.4 is 10.6 Å². The number of ether oxygens (including phenoxy) is 1. The highest BCUT2D eigenvalue weighted by Crippen LogP contribution is 2.47. The van der Waals surface area contributed by atoms with Crippen LogP contribution in [0.5, 0.6) is 0 Å². The van der Waals surface area contributed by atoms with Gasteiger partial charge in [0, 0.05) is 39.0 Å². The van der Waals surface area contributed by atoms with E-state index in [4.69, 9.17) is 4.74 Å². The van der Waals surface area contributed by atoms with Gasteiger partial charge in [0.1, 0.15) is 6.10 Å². The quantitative estimate of drug-likeness (QED) is 0.632. The second kappa shape index (κ2) is 7.89. The predicted molar refractivity (Wildman–Crippen MR) is 107 cm³/mol. The van der Waals surface area contributed by atoms with Crippen LogP contribution >= 0.6 is 0 Å². The van der Waals surface area contributed by atoms with Crippen molar-refractivity contribution in [3.63, 3.8) is 0 Å². The second-order valence-corrected chi connectivity index (χ2v) is 8.12. The number of anilines is 1. The number of rotatable bonds is 4. The fourth-order valence-corrected chi connectivity index (χ4v) is 4.48. The number of hydrogen-bond donors (Lipinski definition) is 2. The van der Waals surface area contributed by atoms with E-state index in [9.17, 15) is 4.79 Å². The van der Waals surface area contributed by atoms with Crippen LogP contribution in [0.1, 0.15) is 44.1 Å². The van der Waals surface area contributed by atoms with Gasteiger partial charge >= 0.3 is 0 Å². The maximum Gasteiger partial charge on any atom is 0.253 e. The molecule has 0 aromatic heterocycles. The largest absolute Gasteiger partial charge is 0.368 e. The molecule has 1 aromatic carbocycles. The molecule has 0 radical (unpaired) electrons. The predicted octanol–water partition coefficient (Wildman–Crippen LogP) is 2.76. The Hall–Kier alpha value is -2.08. The molecule has 2 aliphatic heterocycles. The van der Waals surface area contributed by atoms with Crippen LogP contribution in [0.4, 0.5) is 5.69 Å². The van der Waals surface area contributed by atoms with Gasteiger partial charge in [-0.3, -0.25) is 9.79 Å². The maximum atomic E-state index is 12.2. The van der Waals surface area contributed by atoms with Crippen molar-refractivity contribution in [3.8, 4) is 0 Å². The number of carbonyl (C=O) groups is 1. The van der Waals surface area contributed by atoms with Crippen LogP contribution in [0.15, 0.2) is 29.3 Å². The smallest absolute Gasteiger partial charge is 0.253 e. The summed E-state index contributed by atoms with van der Waals surface area (Å²) in [5, 5.41) is 6.46. The van der Waals surface area contributed by atoms with Gasteiger partial charge in [-0.1, -0.05) is 18.6 Å². The van der Waals surface area contributed by atoms with E-state index < -0.39 is 0 Å². The van der Waals surface area contributed by atoms with Gasteiger partial charge < -0.3 is 20.3 Å². The first-order chi connectivity index (χ1) is 13.2. The SMILES string of the molecule is CN=C(NCc1cccc(NC(=O)C2CCCO2)c1)N1CCC2(CCC2)C1. The van der Waals surface area contributed by atoms with E-state index in [-0.39, 0.29) is 12.0 Å². The first kappa shape index (κ1) is 18.3. The molecule has 146 valence electrons. The zero-order valence-electron chi connectivity index (χ0n) is 16.2. The molecule has 6 heteroatoms. The Bertz CT molecular complexity index is 708. The molecule has 1 aliphatic carbocycles. The van der Waals surface area contributed by atoms with Crippen LogP contribution in [0.3, 0.4) is 0 Å². The topological polar surface area (TPSA) is 66.0 Å². The Morgan fingerprint density at radius 1 is 1.33 bits per heavy atom. The first-order valence-corrected chi connectivity index (χ1v) is 10.1. The van der Waals surface area contributed by atoms with Gasteiger partial charge in [0.2, 0.25) is 0 Å². The third-order valence-electron chi connectivity index (χ3n) is 6.23. The number of likely N-dealkylation sites (tertiary alicyclic amines) is 1. The van der Waals surface area contributed by atoms with E-state index in [1.54, 1.807) is 0 Å². The highest BCUT2D eigenvalue weighted by molar-refractivity contribution is 5.94. The minimum absolute atomic E-state index is 0.0451. The van der Waals surface area contributed by atoms with Gasteiger partial charge in [0.05, 0.1) is 0 Å². The Kier molecular flexibility index (Phi) is 5.34. The molecular weight excluding hydrogens is 340 g/mol. The Balaban J connectivity index is 1.31. The summed E-state index contributed by atoms with van der Waals surface area (Å²) in [5.74, 6) is 0.934. The van der Waals surface area contributed by atoms with Gasteiger partial charge in [-0.2, -0.15) is 0 Å². The van der Waals surface area contributed by atoms with Crippen LogP contribution in [0.2, 0.25) is 0 Å². The minimum atomic E-state index is -0.306. The van der Waals surface area contributed by atoms with Crippen molar-refractivity contribution in [3.05, 3.63) is 29.8 Å². The van der Waals surface area contributed by atoms with E-state index in [0.29, 0.717) is 18.6 Å². The summed E-state index contributed by atoms with van der Waals surface area (Å²) in [6.45, 7) is 3.60. The van der Waals surface area contributed by atoms with Crippen molar-refractivity contribution in [2.45, 2.75) is 51.2 Å². The van der Waals surface area contributed by atoms with Crippen molar-refractivity contribution < 1.29 is 9.53 Å². The third kappa shape index (κ3) is 4.10. The molecule has 4 rings (SSSR count). The van der Waals surface area contributed by atoms with Crippen LogP contribution in [0.25, 0.3) is 0 Å². The number of nitrogens with one attached hydrogen (secondary N) is 2. The first-order valence-electron chi connectivity index (χ1n) is 10.1. The van der Waals surface area contributed by atoms with Crippen molar-refractivity contribution in [2.75, 3.05) is 32.1 Å². The van der Waals surface area contributed by atoms with Crippen molar-refractivity contribution >= 4 is 17.6 Å². The lowest BCUT2D eigenvalue weighted by atomic mass is 9.68. The number of aliphatic imine (C=N–C) groups is 1. The van der Waals surface area contributed by atoms with E-state index in [0.717, 1.165) is 43.1 Å². The fraction of sp³-hybridized carbons (Fsp3) is 0.619. The van der Waals surface area contributed by atoms with Crippen LogP contribution in [-0.4, -0.2) is 49.6 Å². The van der Waals surface area contributed by atoms with Gasteiger partial charge in [0.15, 0.2) is 5.96 Å². The highest BCUT2D eigenvalue weighted by atomic mass is 16.5. The molecule has 3 fully saturated rings. The summed E-state index contributed by atoms with van der Waals surface area (Å²) in [6.07, 6.45) is 6.86. The number of amides is 1. The Morgan fingerprint density at radius 2 is 2.22 bits per heavy atom. The molecule has 0 bridgehead atoms. The van der Waals surface area contributed by atoms with E-state index in [2.05, 4.69) is 26.6 Å². The lowest BCUT2D eigenvalue weighted by Crippen LogP contribution is -2.42. The number of hydrogen-bond acceptors (Lipinski definition) is 3. The molecule has 1 aromatic rings. The minimum Gasteiger partial charge on any atom is -0.368 e. The van der Waals surface area contributed by atoms with Crippen molar-refractivity contribution in [2.24, 2.45) is 10.4 Å². The summed E-state index contributed by atoms with van der Waals surface area (Å²) >= 11 is 0. The summed E-state index contributed by atoms with van der Waals surface area (Å²) in [5.41, 5.74) is 2.50. The van der Waals surface area contributed by atoms with Crippen molar-refractivity contribution in [1.29, 1.82) is 0 Å². The maximum absolute atomic E-state index is 12.2. The molecule has 1 unspecified atom stereocenters. The van der Waals surface area contributed by atoms with E-state index in [1.807, 2.05) is 25.2 Å². The molecule has 2 N–H and O–H groups in total. The molecule has 1 saturated carbocycles. The lowest BCUT2D eigenvalue weighted by Gasteiger charge is -2.38. The lowest BCUT2D eigenvalue weighted by molar-refractivity contribution is -0.124. The van der Waals surface area contributed by atoms with Gasteiger partial charge in [-0.25, -0.2) is 0 Å². The highest BCUT2D eigenvalue weighted by Gasteiger charge is 2.43. The summed E-state index contributed by atoms with van der Waals surface area (Å²) in [4.78, 5) is 19.1. The van der Waals surface area contributed by atoms with Gasteiger partial charge in [-0.15, -0.1) is 0 Å². The van der Waals surface area contributed by atoms with Crippen LogP contribution in [-0.2, 0) is 16.1 Å². The molecule has 2 heterocycles. The average Bonchev–Trinajstić information content (AvgIpc) is 3.33. The summed E-state index contributed by atoms with van der Waals surface area (Å²) < 4.78 is 5.45. The molecule has 1 atom stereocenters. The Morgan fingerprint density at radius 3 is 2.89 bits per heavy atom. The van der Waals surface area contributed by atoms with E-state index in [1.165, 1.54) is 25.7 Å². The molecule has 3 aliphatic rings. The third-order valence-corrected chi connectivity index (χ3v) is 6.23. The molecule has 27 heavy (non-hydrogen) atoms. The molecule has 1 amide bonds. The number of benzene rings is 1. The van der Waals surface area contributed by atoms with Gasteiger partial charge in [0.25, 0.3) is 5.91 Å².